The first kappa shape index (κ1) is 11.0. The number of halogens is 1. The second-order valence-corrected chi connectivity index (χ2v) is 5.02. The summed E-state index contributed by atoms with van der Waals surface area (Å²) >= 11 is 2.32. The molecule has 0 fully saturated rings. The Morgan fingerprint density at radius 1 is 1.31 bits per heavy atom. The Hall–Kier alpha value is -0.0900. The summed E-state index contributed by atoms with van der Waals surface area (Å²) in [7, 11) is 0. The molecule has 1 aromatic rings. The third-order valence-electron chi connectivity index (χ3n) is 2.32. The Morgan fingerprint density at radius 2 is 1.92 bits per heavy atom. The lowest BCUT2D eigenvalue weighted by molar-refractivity contribution is 0.512. The van der Waals surface area contributed by atoms with Gasteiger partial charge in [-0.25, -0.2) is 0 Å². The average molecular weight is 289 g/mol. The first-order chi connectivity index (χ1) is 6.02. The lowest BCUT2D eigenvalue weighted by Gasteiger charge is -2.18. The van der Waals surface area contributed by atoms with Crippen molar-refractivity contribution in [2.75, 3.05) is 0 Å². The van der Waals surface area contributed by atoms with Crippen molar-refractivity contribution in [3.63, 3.8) is 0 Å². The van der Waals surface area contributed by atoms with Gasteiger partial charge in [-0.2, -0.15) is 0 Å². The highest BCUT2D eigenvalue weighted by atomic mass is 127. The summed E-state index contributed by atoms with van der Waals surface area (Å²) in [5.74, 6) is 0.497. The van der Waals surface area contributed by atoms with Crippen LogP contribution in [0.15, 0.2) is 18.2 Å². The molecule has 1 aromatic carbocycles. The van der Waals surface area contributed by atoms with Gasteiger partial charge in [-0.15, -0.1) is 0 Å². The fraction of sp³-hybridized carbons (Fsp3) is 0.455. The normalized spacial score (nSPS) is 13.4. The van der Waals surface area contributed by atoms with Crippen LogP contribution in [0.4, 0.5) is 0 Å². The maximum absolute atomic E-state index is 6.10. The van der Waals surface area contributed by atoms with Crippen LogP contribution in [0.25, 0.3) is 0 Å². The van der Waals surface area contributed by atoms with E-state index in [-0.39, 0.29) is 6.04 Å². The molecule has 72 valence electrons. The van der Waals surface area contributed by atoms with Crippen molar-refractivity contribution >= 4 is 22.6 Å². The molecule has 0 amide bonds. The quantitative estimate of drug-likeness (QED) is 0.831. The van der Waals surface area contributed by atoms with E-state index in [1.165, 1.54) is 14.7 Å². The summed E-state index contributed by atoms with van der Waals surface area (Å²) < 4.78 is 1.26. The molecule has 13 heavy (non-hydrogen) atoms. The molecule has 2 heteroatoms. The number of nitrogens with two attached hydrogens (primary N) is 1. The topological polar surface area (TPSA) is 26.0 Å². The Labute approximate surface area is 93.9 Å². The molecule has 0 aliphatic carbocycles. The van der Waals surface area contributed by atoms with Gasteiger partial charge in [0, 0.05) is 9.61 Å². The van der Waals surface area contributed by atoms with Gasteiger partial charge in [0.2, 0.25) is 0 Å². The largest absolute Gasteiger partial charge is 0.324 e. The molecule has 1 atom stereocenters. The zero-order chi connectivity index (χ0) is 10.0. The molecule has 1 nitrogen and oxygen atoms in total. The molecule has 1 rings (SSSR count). The van der Waals surface area contributed by atoms with Gasteiger partial charge in [0.15, 0.2) is 0 Å². The van der Waals surface area contributed by atoms with Crippen LogP contribution in [-0.4, -0.2) is 0 Å². The summed E-state index contributed by atoms with van der Waals surface area (Å²) in [6, 6.07) is 6.60. The fourth-order valence-corrected chi connectivity index (χ4v) is 1.84. The standard InChI is InChI=1S/C11H16IN/c1-7(2)11(13)10-6-9(12)5-4-8(10)3/h4-7,11H,13H2,1-3H3/t11-/m1/s1. The van der Waals surface area contributed by atoms with Crippen molar-refractivity contribution < 1.29 is 0 Å². The zero-order valence-corrected chi connectivity index (χ0v) is 10.5. The first-order valence-corrected chi connectivity index (χ1v) is 5.62. The van der Waals surface area contributed by atoms with Gasteiger partial charge in [0.25, 0.3) is 0 Å². The van der Waals surface area contributed by atoms with E-state index < -0.39 is 0 Å². The van der Waals surface area contributed by atoms with Gasteiger partial charge in [-0.1, -0.05) is 19.9 Å². The summed E-state index contributed by atoms with van der Waals surface area (Å²) in [6.07, 6.45) is 0. The van der Waals surface area contributed by atoms with Gasteiger partial charge in [0.1, 0.15) is 0 Å². The van der Waals surface area contributed by atoms with Crippen LogP contribution in [0.3, 0.4) is 0 Å². The minimum Gasteiger partial charge on any atom is -0.324 e. The molecule has 0 aromatic heterocycles. The Bertz CT molecular complexity index is 294. The molecule has 0 spiro atoms. The molecular weight excluding hydrogens is 273 g/mol. The molecule has 0 saturated carbocycles. The number of benzene rings is 1. The lowest BCUT2D eigenvalue weighted by Crippen LogP contribution is -2.17. The van der Waals surface area contributed by atoms with Gasteiger partial charge < -0.3 is 5.73 Å². The smallest absolute Gasteiger partial charge is 0.0321 e. The average Bonchev–Trinajstić information content (AvgIpc) is 2.08. The van der Waals surface area contributed by atoms with E-state index in [0.717, 1.165) is 0 Å². The highest BCUT2D eigenvalue weighted by molar-refractivity contribution is 14.1. The van der Waals surface area contributed by atoms with E-state index in [1.807, 2.05) is 0 Å². The molecule has 0 bridgehead atoms. The predicted octanol–water partition coefficient (Wildman–Crippen LogP) is 3.26. The molecular formula is C11H16IN. The van der Waals surface area contributed by atoms with E-state index in [2.05, 4.69) is 61.6 Å². The van der Waals surface area contributed by atoms with Crippen molar-refractivity contribution in [2.24, 2.45) is 11.7 Å². The molecule has 0 unspecified atom stereocenters. The van der Waals surface area contributed by atoms with Gasteiger partial charge in [0.05, 0.1) is 0 Å². The summed E-state index contributed by atoms with van der Waals surface area (Å²) in [5.41, 5.74) is 8.68. The van der Waals surface area contributed by atoms with Crippen molar-refractivity contribution in [2.45, 2.75) is 26.8 Å². The monoisotopic (exact) mass is 289 g/mol. The minimum absolute atomic E-state index is 0.162. The first-order valence-electron chi connectivity index (χ1n) is 4.54. The van der Waals surface area contributed by atoms with Crippen LogP contribution in [0, 0.1) is 16.4 Å². The van der Waals surface area contributed by atoms with Gasteiger partial charge >= 0.3 is 0 Å². The lowest BCUT2D eigenvalue weighted by atomic mass is 9.94. The molecule has 0 aliphatic rings. The maximum atomic E-state index is 6.10. The number of rotatable bonds is 2. The van der Waals surface area contributed by atoms with Crippen LogP contribution in [0.2, 0.25) is 0 Å². The van der Waals surface area contributed by atoms with Crippen molar-refractivity contribution in [3.8, 4) is 0 Å². The third kappa shape index (κ3) is 2.68. The van der Waals surface area contributed by atoms with E-state index in [9.17, 15) is 0 Å². The number of hydrogen-bond acceptors (Lipinski definition) is 1. The molecule has 0 radical (unpaired) electrons. The minimum atomic E-state index is 0.162. The second-order valence-electron chi connectivity index (χ2n) is 3.77. The molecule has 0 saturated heterocycles. The van der Waals surface area contributed by atoms with E-state index in [4.69, 9.17) is 5.73 Å². The van der Waals surface area contributed by atoms with Crippen LogP contribution < -0.4 is 5.73 Å². The highest BCUT2D eigenvalue weighted by Crippen LogP contribution is 2.23. The maximum Gasteiger partial charge on any atom is 0.0321 e. The molecule has 2 N–H and O–H groups in total. The zero-order valence-electron chi connectivity index (χ0n) is 8.34. The van der Waals surface area contributed by atoms with Crippen LogP contribution in [0.5, 0.6) is 0 Å². The van der Waals surface area contributed by atoms with Gasteiger partial charge in [-0.05, 0) is 58.7 Å². The fourth-order valence-electron chi connectivity index (χ4n) is 1.33. The predicted molar refractivity (Wildman–Crippen MR) is 65.7 cm³/mol. The highest BCUT2D eigenvalue weighted by Gasteiger charge is 2.12. The van der Waals surface area contributed by atoms with Crippen molar-refractivity contribution in [3.05, 3.63) is 32.9 Å². The number of aryl methyl sites for hydroxylation is 1. The summed E-state index contributed by atoms with van der Waals surface area (Å²) in [6.45, 7) is 6.43. The van der Waals surface area contributed by atoms with E-state index in [0.29, 0.717) is 5.92 Å². The number of hydrogen-bond donors (Lipinski definition) is 1. The van der Waals surface area contributed by atoms with E-state index in [1.54, 1.807) is 0 Å². The molecule has 0 heterocycles. The van der Waals surface area contributed by atoms with Crippen molar-refractivity contribution in [1.82, 2.24) is 0 Å². The SMILES string of the molecule is Cc1ccc(I)cc1[C@H](N)C(C)C. The second kappa shape index (κ2) is 4.42. The summed E-state index contributed by atoms with van der Waals surface area (Å²) in [4.78, 5) is 0. The Kier molecular flexibility index (Phi) is 3.74. The molecule has 0 aliphatic heterocycles. The van der Waals surface area contributed by atoms with Crippen LogP contribution >= 0.6 is 22.6 Å². The Balaban J connectivity index is 3.05. The van der Waals surface area contributed by atoms with Gasteiger partial charge in [-0.3, -0.25) is 0 Å². The van der Waals surface area contributed by atoms with Crippen LogP contribution in [0.1, 0.15) is 31.0 Å². The van der Waals surface area contributed by atoms with E-state index >= 15 is 0 Å². The van der Waals surface area contributed by atoms with Crippen molar-refractivity contribution in [1.29, 1.82) is 0 Å². The Morgan fingerprint density at radius 3 is 2.46 bits per heavy atom. The summed E-state index contributed by atoms with van der Waals surface area (Å²) in [5, 5.41) is 0. The van der Waals surface area contributed by atoms with Crippen LogP contribution in [-0.2, 0) is 0 Å². The third-order valence-corrected chi connectivity index (χ3v) is 2.99.